The summed E-state index contributed by atoms with van der Waals surface area (Å²) in [7, 11) is 1.76. The molecule has 2 aliphatic heterocycles. The number of benzene rings is 1. The third-order valence-corrected chi connectivity index (χ3v) is 7.43. The number of rotatable bonds is 5. The summed E-state index contributed by atoms with van der Waals surface area (Å²) in [6, 6.07) is 9.04. The van der Waals surface area contributed by atoms with Crippen molar-refractivity contribution in [3.8, 4) is 5.75 Å². The van der Waals surface area contributed by atoms with Crippen molar-refractivity contribution < 1.29 is 4.74 Å². The van der Waals surface area contributed by atoms with Crippen molar-refractivity contribution in [1.82, 2.24) is 19.2 Å². The second-order valence-corrected chi connectivity index (χ2v) is 9.30. The zero-order valence-electron chi connectivity index (χ0n) is 18.0. The van der Waals surface area contributed by atoms with Gasteiger partial charge in [-0.2, -0.15) is 0 Å². The third-order valence-electron chi connectivity index (χ3n) is 6.67. The fourth-order valence-corrected chi connectivity index (χ4v) is 5.81. The number of nitrogens with zero attached hydrogens (tertiary/aromatic N) is 5. The molecule has 0 unspecified atom stereocenters. The molecule has 1 atom stereocenters. The lowest BCUT2D eigenvalue weighted by atomic mass is 10.0. The fraction of sp³-hybridized carbons (Fsp3) is 0.522. The highest BCUT2D eigenvalue weighted by molar-refractivity contribution is 7.15. The molecule has 0 spiro atoms. The van der Waals surface area contributed by atoms with Gasteiger partial charge in [-0.25, -0.2) is 4.98 Å². The van der Waals surface area contributed by atoms with Gasteiger partial charge in [-0.1, -0.05) is 12.1 Å². The van der Waals surface area contributed by atoms with Gasteiger partial charge < -0.3 is 9.64 Å². The number of piperidine rings is 1. The molecule has 5 rings (SSSR count). The van der Waals surface area contributed by atoms with Gasteiger partial charge in [0.15, 0.2) is 4.96 Å². The summed E-state index contributed by atoms with van der Waals surface area (Å²) < 4.78 is 7.85. The van der Waals surface area contributed by atoms with E-state index in [4.69, 9.17) is 9.72 Å². The maximum absolute atomic E-state index is 5.57. The fourth-order valence-electron chi connectivity index (χ4n) is 5.03. The Balaban J connectivity index is 1.21. The number of thiazole rings is 1. The molecule has 0 radical (unpaired) electrons. The molecule has 3 aromatic rings. The van der Waals surface area contributed by atoms with E-state index in [0.29, 0.717) is 6.04 Å². The average molecular weight is 426 g/mol. The van der Waals surface area contributed by atoms with Crippen molar-refractivity contribution in [2.24, 2.45) is 0 Å². The topological polar surface area (TPSA) is 36.2 Å². The Bertz CT molecular complexity index is 991. The van der Waals surface area contributed by atoms with Crippen LogP contribution < -0.4 is 9.64 Å². The molecule has 160 valence electrons. The highest BCUT2D eigenvalue weighted by Crippen LogP contribution is 2.29. The second kappa shape index (κ2) is 8.57. The van der Waals surface area contributed by atoms with Gasteiger partial charge in [0, 0.05) is 56.9 Å². The van der Waals surface area contributed by atoms with Crippen molar-refractivity contribution in [2.75, 3.05) is 51.3 Å². The van der Waals surface area contributed by atoms with E-state index in [1.165, 1.54) is 36.5 Å². The maximum atomic E-state index is 5.57. The van der Waals surface area contributed by atoms with Gasteiger partial charge in [0.2, 0.25) is 0 Å². The first-order chi connectivity index (χ1) is 14.7. The first-order valence-corrected chi connectivity index (χ1v) is 11.9. The van der Waals surface area contributed by atoms with Gasteiger partial charge in [0.25, 0.3) is 0 Å². The Morgan fingerprint density at radius 1 is 1.13 bits per heavy atom. The zero-order valence-corrected chi connectivity index (χ0v) is 18.8. The van der Waals surface area contributed by atoms with Crippen molar-refractivity contribution in [1.29, 1.82) is 0 Å². The minimum absolute atomic E-state index is 0.657. The number of anilines is 1. The number of hydrogen-bond acceptors (Lipinski definition) is 6. The van der Waals surface area contributed by atoms with Crippen molar-refractivity contribution in [3.05, 3.63) is 47.2 Å². The highest BCUT2D eigenvalue weighted by atomic mass is 32.1. The molecule has 2 fully saturated rings. The predicted molar refractivity (Wildman–Crippen MR) is 123 cm³/mol. The van der Waals surface area contributed by atoms with Crippen LogP contribution in [-0.4, -0.2) is 71.6 Å². The van der Waals surface area contributed by atoms with Crippen molar-refractivity contribution in [2.45, 2.75) is 32.4 Å². The molecular formula is C23H31N5OS. The van der Waals surface area contributed by atoms with E-state index in [1.54, 1.807) is 18.4 Å². The summed E-state index contributed by atoms with van der Waals surface area (Å²) in [6.07, 6.45) is 4.75. The number of methoxy groups -OCH3 is 1. The summed E-state index contributed by atoms with van der Waals surface area (Å²) >= 11 is 1.72. The SMILES string of the molecule is COc1ccccc1N1CCN([C@@H]2CCCN(Cc3c(C)nc4sccn34)C2)CC1. The molecule has 0 saturated carbocycles. The number of hydrogen-bond donors (Lipinski definition) is 0. The van der Waals surface area contributed by atoms with Crippen LogP contribution in [0.5, 0.6) is 5.75 Å². The molecule has 1 aromatic carbocycles. The van der Waals surface area contributed by atoms with E-state index < -0.39 is 0 Å². The Labute approximate surface area is 182 Å². The third kappa shape index (κ3) is 3.82. The maximum Gasteiger partial charge on any atom is 0.194 e. The Morgan fingerprint density at radius 3 is 2.80 bits per heavy atom. The summed E-state index contributed by atoms with van der Waals surface area (Å²) in [5.41, 5.74) is 3.75. The number of ether oxygens (including phenoxy) is 1. The van der Waals surface area contributed by atoms with Crippen molar-refractivity contribution in [3.63, 3.8) is 0 Å². The van der Waals surface area contributed by atoms with Crippen LogP contribution in [-0.2, 0) is 6.54 Å². The standard InChI is InChI=1S/C23H31N5OS/c1-18-21(28-14-15-30-23(28)24-18)17-25-9-5-6-19(16-25)26-10-12-27(13-11-26)20-7-3-4-8-22(20)29-2/h3-4,7-8,14-15,19H,5-6,9-13,16-17H2,1-2H3/t19-/m1/s1. The minimum atomic E-state index is 0.657. The number of para-hydroxylation sites is 2. The first-order valence-electron chi connectivity index (χ1n) is 11.0. The minimum Gasteiger partial charge on any atom is -0.495 e. The smallest absolute Gasteiger partial charge is 0.194 e. The molecule has 0 bridgehead atoms. The number of likely N-dealkylation sites (tertiary alicyclic amines) is 1. The summed E-state index contributed by atoms with van der Waals surface area (Å²) in [4.78, 5) is 13.7. The highest BCUT2D eigenvalue weighted by Gasteiger charge is 2.29. The lowest BCUT2D eigenvalue weighted by Crippen LogP contribution is -2.55. The molecule has 6 nitrogen and oxygen atoms in total. The quantitative estimate of drug-likeness (QED) is 0.625. The van der Waals surface area contributed by atoms with Gasteiger partial charge in [0.1, 0.15) is 5.75 Å². The molecule has 0 amide bonds. The van der Waals surface area contributed by atoms with E-state index in [1.807, 2.05) is 6.07 Å². The van der Waals surface area contributed by atoms with Crippen molar-refractivity contribution >= 4 is 22.0 Å². The zero-order chi connectivity index (χ0) is 20.5. The van der Waals surface area contributed by atoms with Crippen LogP contribution in [0.2, 0.25) is 0 Å². The lowest BCUT2D eigenvalue weighted by Gasteiger charge is -2.44. The number of aryl methyl sites for hydroxylation is 1. The molecule has 2 aliphatic rings. The summed E-state index contributed by atoms with van der Waals surface area (Å²) in [5, 5.41) is 2.13. The van der Waals surface area contributed by atoms with Crippen LogP contribution in [0.4, 0.5) is 5.69 Å². The molecule has 2 saturated heterocycles. The van der Waals surface area contributed by atoms with E-state index in [9.17, 15) is 0 Å². The average Bonchev–Trinajstić information content (AvgIpc) is 3.36. The Kier molecular flexibility index (Phi) is 5.67. The van der Waals surface area contributed by atoms with Crippen LogP contribution in [0, 0.1) is 6.92 Å². The lowest BCUT2D eigenvalue weighted by molar-refractivity contribution is 0.0878. The van der Waals surface area contributed by atoms with Gasteiger partial charge in [-0.3, -0.25) is 14.2 Å². The Morgan fingerprint density at radius 2 is 1.97 bits per heavy atom. The second-order valence-electron chi connectivity index (χ2n) is 8.43. The Hall–Kier alpha value is -2.09. The van der Waals surface area contributed by atoms with Crippen LogP contribution in [0.1, 0.15) is 24.2 Å². The normalized spacial score (nSPS) is 21.4. The molecule has 4 heterocycles. The number of piperazine rings is 1. The van der Waals surface area contributed by atoms with Gasteiger partial charge >= 0.3 is 0 Å². The van der Waals surface area contributed by atoms with Gasteiger partial charge in [-0.05, 0) is 38.4 Å². The van der Waals surface area contributed by atoms with Gasteiger partial charge in [-0.15, -0.1) is 11.3 Å². The molecule has 30 heavy (non-hydrogen) atoms. The molecule has 7 heteroatoms. The van der Waals surface area contributed by atoms with Crippen LogP contribution in [0.25, 0.3) is 4.96 Å². The van der Waals surface area contributed by atoms with E-state index in [2.05, 4.69) is 55.8 Å². The molecule has 2 aromatic heterocycles. The summed E-state index contributed by atoms with van der Waals surface area (Å²) in [6.45, 7) is 9.87. The summed E-state index contributed by atoms with van der Waals surface area (Å²) in [5.74, 6) is 0.978. The van der Waals surface area contributed by atoms with E-state index >= 15 is 0 Å². The van der Waals surface area contributed by atoms with Crippen LogP contribution in [0.15, 0.2) is 35.8 Å². The van der Waals surface area contributed by atoms with Crippen LogP contribution >= 0.6 is 11.3 Å². The molecule has 0 N–H and O–H groups in total. The number of imidazole rings is 1. The monoisotopic (exact) mass is 425 g/mol. The number of aromatic nitrogens is 2. The van der Waals surface area contributed by atoms with E-state index in [-0.39, 0.29) is 0 Å². The van der Waals surface area contributed by atoms with Crippen LogP contribution in [0.3, 0.4) is 0 Å². The van der Waals surface area contributed by atoms with Gasteiger partial charge in [0.05, 0.1) is 24.2 Å². The van der Waals surface area contributed by atoms with E-state index in [0.717, 1.165) is 50.0 Å². The predicted octanol–water partition coefficient (Wildman–Crippen LogP) is 3.50. The molecule has 0 aliphatic carbocycles. The number of fused-ring (bicyclic) bond motifs is 1. The first kappa shape index (κ1) is 19.8. The largest absolute Gasteiger partial charge is 0.495 e. The molecular weight excluding hydrogens is 394 g/mol.